The van der Waals surface area contributed by atoms with Crippen LogP contribution in [0.25, 0.3) is 0 Å². The molecule has 0 aromatic carbocycles. The quantitative estimate of drug-likeness (QED) is 0.662. The Morgan fingerprint density at radius 1 is 1.21 bits per heavy atom. The van der Waals surface area contributed by atoms with Crippen LogP contribution < -0.4 is 16.0 Å². The molecule has 0 aromatic rings. The maximum absolute atomic E-state index is 14.3. The largest absolute Gasteiger partial charge is 0.355 e. The first-order valence-electron chi connectivity index (χ1n) is 11.6. The lowest BCUT2D eigenvalue weighted by Crippen LogP contribution is -2.62. The van der Waals surface area contributed by atoms with E-state index in [1.54, 1.807) is 0 Å². The van der Waals surface area contributed by atoms with Crippen molar-refractivity contribution in [3.8, 4) is 0 Å². The van der Waals surface area contributed by atoms with Gasteiger partial charge in [-0.3, -0.25) is 14.5 Å². The van der Waals surface area contributed by atoms with Crippen LogP contribution in [0.3, 0.4) is 0 Å². The van der Waals surface area contributed by atoms with Gasteiger partial charge in [-0.15, -0.1) is 0 Å². The smallest absolute Gasteiger partial charge is 0.237 e. The first-order chi connectivity index (χ1) is 13.9. The second-order valence-electron chi connectivity index (χ2n) is 10.6. The van der Waals surface area contributed by atoms with Crippen molar-refractivity contribution < 1.29 is 14.0 Å². The van der Waals surface area contributed by atoms with Crippen LogP contribution in [0.1, 0.15) is 58.3 Å². The number of fused-ring (bicyclic) bond motifs is 1. The van der Waals surface area contributed by atoms with Gasteiger partial charge >= 0.3 is 0 Å². The highest BCUT2D eigenvalue weighted by atomic mass is 19.1. The van der Waals surface area contributed by atoms with E-state index in [-0.39, 0.29) is 41.3 Å². The van der Waals surface area contributed by atoms with E-state index in [1.807, 2.05) is 0 Å². The molecule has 162 valence electrons. The van der Waals surface area contributed by atoms with E-state index in [0.29, 0.717) is 31.2 Å². The summed E-state index contributed by atoms with van der Waals surface area (Å²) in [7, 11) is 0. The van der Waals surface area contributed by atoms with E-state index < -0.39 is 6.17 Å². The van der Waals surface area contributed by atoms with Gasteiger partial charge in [-0.05, 0) is 50.9 Å². The minimum absolute atomic E-state index is 0.00591. The van der Waals surface area contributed by atoms with Crippen LogP contribution in [0.2, 0.25) is 0 Å². The number of nitrogens with zero attached hydrogens (tertiary/aromatic N) is 1. The summed E-state index contributed by atoms with van der Waals surface area (Å²) < 4.78 is 14.3. The Hall–Kier alpha value is -1.21. The first kappa shape index (κ1) is 19.7. The Bertz CT molecular complexity index is 649. The van der Waals surface area contributed by atoms with Crippen molar-refractivity contribution >= 4 is 11.8 Å². The molecule has 2 aliphatic carbocycles. The highest BCUT2D eigenvalue weighted by Gasteiger charge is 2.50. The topological polar surface area (TPSA) is 73.5 Å². The lowest BCUT2D eigenvalue weighted by Gasteiger charge is -2.52. The zero-order chi connectivity index (χ0) is 20.2. The third kappa shape index (κ3) is 3.69. The van der Waals surface area contributed by atoms with E-state index in [2.05, 4.69) is 27.8 Å². The number of halogens is 1. The molecule has 2 amide bonds. The third-order valence-electron chi connectivity index (χ3n) is 8.44. The number of hydrogen-bond donors (Lipinski definition) is 3. The molecule has 3 aliphatic heterocycles. The molecule has 0 radical (unpaired) electrons. The van der Waals surface area contributed by atoms with Gasteiger partial charge in [-0.1, -0.05) is 6.92 Å². The summed E-state index contributed by atoms with van der Waals surface area (Å²) in [5, 5.41) is 9.71. The second kappa shape index (κ2) is 7.49. The van der Waals surface area contributed by atoms with Crippen molar-refractivity contribution in [3.63, 3.8) is 0 Å². The van der Waals surface area contributed by atoms with Gasteiger partial charge in [0, 0.05) is 55.5 Å². The number of carbonyl (C=O) groups excluding carboxylic acids is 2. The molecule has 3 saturated heterocycles. The van der Waals surface area contributed by atoms with Crippen molar-refractivity contribution in [1.29, 1.82) is 0 Å². The summed E-state index contributed by atoms with van der Waals surface area (Å²) in [6.07, 6.45) is 6.41. The lowest BCUT2D eigenvalue weighted by molar-refractivity contribution is -0.125. The zero-order valence-corrected chi connectivity index (χ0v) is 17.5. The van der Waals surface area contributed by atoms with Crippen LogP contribution in [0.5, 0.6) is 0 Å². The Morgan fingerprint density at radius 2 is 2.03 bits per heavy atom. The maximum Gasteiger partial charge on any atom is 0.237 e. The molecule has 0 aromatic heterocycles. The molecular formula is C22H35FN4O2. The molecule has 5 unspecified atom stereocenters. The fraction of sp³-hybridized carbons (Fsp3) is 0.909. The van der Waals surface area contributed by atoms with Gasteiger partial charge in [-0.25, -0.2) is 4.39 Å². The van der Waals surface area contributed by atoms with Gasteiger partial charge in [0.1, 0.15) is 6.17 Å². The second-order valence-corrected chi connectivity index (χ2v) is 10.6. The molecule has 3 heterocycles. The number of alkyl halides is 1. The Morgan fingerprint density at radius 3 is 2.76 bits per heavy atom. The highest BCUT2D eigenvalue weighted by molar-refractivity contribution is 5.82. The van der Waals surface area contributed by atoms with Crippen molar-refractivity contribution in [2.45, 2.75) is 88.6 Å². The predicted molar refractivity (Wildman–Crippen MR) is 108 cm³/mol. The minimum Gasteiger partial charge on any atom is -0.355 e. The molecule has 29 heavy (non-hydrogen) atoms. The van der Waals surface area contributed by atoms with E-state index in [1.165, 1.54) is 6.42 Å². The average molecular weight is 407 g/mol. The normalized spacial score (nSPS) is 44.2. The summed E-state index contributed by atoms with van der Waals surface area (Å²) >= 11 is 0. The zero-order valence-electron chi connectivity index (χ0n) is 17.5. The van der Waals surface area contributed by atoms with Crippen LogP contribution in [0.4, 0.5) is 4.39 Å². The van der Waals surface area contributed by atoms with Crippen molar-refractivity contribution in [1.82, 2.24) is 20.9 Å². The highest BCUT2D eigenvalue weighted by Crippen LogP contribution is 2.41. The van der Waals surface area contributed by atoms with E-state index in [4.69, 9.17) is 0 Å². The van der Waals surface area contributed by atoms with E-state index in [9.17, 15) is 14.0 Å². The monoisotopic (exact) mass is 406 g/mol. The van der Waals surface area contributed by atoms with Gasteiger partial charge in [0.2, 0.25) is 11.8 Å². The molecule has 2 saturated carbocycles. The molecule has 7 atom stereocenters. The van der Waals surface area contributed by atoms with Crippen LogP contribution in [0.15, 0.2) is 0 Å². The van der Waals surface area contributed by atoms with Crippen LogP contribution in [-0.2, 0) is 9.59 Å². The molecule has 3 N–H and O–H groups in total. The molecular weight excluding hydrogens is 371 g/mol. The molecule has 1 spiro atoms. The number of amides is 2. The number of nitrogens with one attached hydrogen (secondary N) is 3. The Kier molecular flexibility index (Phi) is 5.09. The summed E-state index contributed by atoms with van der Waals surface area (Å²) in [6, 6.07) is 0.620. The molecule has 7 heteroatoms. The molecule has 5 rings (SSSR count). The van der Waals surface area contributed by atoms with E-state index >= 15 is 0 Å². The van der Waals surface area contributed by atoms with Gasteiger partial charge < -0.3 is 16.0 Å². The van der Waals surface area contributed by atoms with Gasteiger partial charge in [0.05, 0.1) is 6.04 Å². The number of hydrogen-bond acceptors (Lipinski definition) is 4. The first-order valence-corrected chi connectivity index (χ1v) is 11.6. The van der Waals surface area contributed by atoms with Crippen LogP contribution >= 0.6 is 0 Å². The fourth-order valence-electron chi connectivity index (χ4n) is 6.78. The van der Waals surface area contributed by atoms with Crippen molar-refractivity contribution in [3.05, 3.63) is 0 Å². The fourth-order valence-corrected chi connectivity index (χ4v) is 6.78. The number of carbonyl (C=O) groups is 2. The van der Waals surface area contributed by atoms with Crippen LogP contribution in [0, 0.1) is 17.3 Å². The average Bonchev–Trinajstić information content (AvgIpc) is 3.29. The summed E-state index contributed by atoms with van der Waals surface area (Å²) in [5.74, 6) is 0.691. The third-order valence-corrected chi connectivity index (χ3v) is 8.44. The predicted octanol–water partition coefficient (Wildman–Crippen LogP) is 1.35. The van der Waals surface area contributed by atoms with Gasteiger partial charge in [0.15, 0.2) is 0 Å². The van der Waals surface area contributed by atoms with Crippen molar-refractivity contribution in [2.75, 3.05) is 19.6 Å². The SMILES string of the molecule is CC1CCC(F)C2CC(C(=O)N[C@@H]3CCC[C@@H](N4CC5(CNC(=O)C5)C4)C3)NC12. The standard InChI is InChI=1S/C22H35FN4O2/c1-13-5-6-17(23)16-8-18(26-20(13)16)21(29)25-14-3-2-4-15(7-14)27-11-22(12-27)9-19(28)24-10-22/h13-18,20,26H,2-12H2,1H3,(H,24,28)(H,25,29)/t13?,14-,15-,16?,17?,18?,20?/m1/s1. The van der Waals surface area contributed by atoms with E-state index in [0.717, 1.165) is 45.3 Å². The van der Waals surface area contributed by atoms with Crippen molar-refractivity contribution in [2.24, 2.45) is 17.3 Å². The molecule has 6 nitrogen and oxygen atoms in total. The molecule has 5 aliphatic rings. The number of likely N-dealkylation sites (tertiary alicyclic amines) is 1. The Labute approximate surface area is 172 Å². The Balaban J connectivity index is 1.12. The van der Waals surface area contributed by atoms with Gasteiger partial charge in [0.25, 0.3) is 0 Å². The number of rotatable bonds is 3. The van der Waals surface area contributed by atoms with Crippen LogP contribution in [-0.4, -0.2) is 66.7 Å². The minimum atomic E-state index is -0.767. The molecule has 0 bridgehead atoms. The maximum atomic E-state index is 14.3. The lowest BCUT2D eigenvalue weighted by atomic mass is 9.76. The van der Waals surface area contributed by atoms with Gasteiger partial charge in [-0.2, -0.15) is 0 Å². The summed E-state index contributed by atoms with van der Waals surface area (Å²) in [6.45, 7) is 5.00. The molecule has 5 fully saturated rings. The summed E-state index contributed by atoms with van der Waals surface area (Å²) in [4.78, 5) is 27.0. The summed E-state index contributed by atoms with van der Waals surface area (Å²) in [5.41, 5.74) is 0.164.